The van der Waals surface area contributed by atoms with Gasteiger partial charge in [-0.1, -0.05) is 29.8 Å². The minimum absolute atomic E-state index is 0.0247. The summed E-state index contributed by atoms with van der Waals surface area (Å²) in [4.78, 5) is 27.6. The second kappa shape index (κ2) is 6.65. The van der Waals surface area contributed by atoms with Gasteiger partial charge in [-0.25, -0.2) is 9.67 Å². The van der Waals surface area contributed by atoms with Crippen LogP contribution < -0.4 is 5.56 Å². The highest BCUT2D eigenvalue weighted by Gasteiger charge is 2.13. The molecule has 9 heteroatoms. The van der Waals surface area contributed by atoms with Crippen LogP contribution in [0.15, 0.2) is 65.8 Å². The van der Waals surface area contributed by atoms with E-state index < -0.39 is 4.92 Å². The van der Waals surface area contributed by atoms with Gasteiger partial charge in [0.25, 0.3) is 11.2 Å². The third kappa shape index (κ3) is 3.18. The van der Waals surface area contributed by atoms with Crippen LogP contribution in [0.1, 0.15) is 5.56 Å². The van der Waals surface area contributed by atoms with Gasteiger partial charge in [0.05, 0.1) is 23.4 Å². The Morgan fingerprint density at radius 2 is 1.96 bits per heavy atom. The number of nitro benzene ring substituents is 1. The van der Waals surface area contributed by atoms with Crippen molar-refractivity contribution >= 4 is 28.3 Å². The Hall–Kier alpha value is -3.52. The van der Waals surface area contributed by atoms with Gasteiger partial charge in [0.2, 0.25) is 0 Å². The fourth-order valence-electron chi connectivity index (χ4n) is 2.82. The summed E-state index contributed by atoms with van der Waals surface area (Å²) in [5.74, 6) is 0. The van der Waals surface area contributed by atoms with E-state index in [0.29, 0.717) is 27.3 Å². The highest BCUT2D eigenvalue weighted by Crippen LogP contribution is 2.18. The molecule has 0 N–H and O–H groups in total. The van der Waals surface area contributed by atoms with Crippen molar-refractivity contribution in [2.45, 2.75) is 6.54 Å². The molecule has 0 atom stereocenters. The molecule has 0 bridgehead atoms. The third-order valence-electron chi connectivity index (χ3n) is 4.08. The van der Waals surface area contributed by atoms with Crippen LogP contribution in [-0.4, -0.2) is 24.3 Å². The van der Waals surface area contributed by atoms with Crippen LogP contribution in [0, 0.1) is 10.1 Å². The van der Waals surface area contributed by atoms with Crippen molar-refractivity contribution in [3.8, 4) is 5.69 Å². The van der Waals surface area contributed by atoms with Crippen LogP contribution in [0.25, 0.3) is 16.7 Å². The Morgan fingerprint density at radius 1 is 1.15 bits per heavy atom. The van der Waals surface area contributed by atoms with Gasteiger partial charge in [-0.3, -0.25) is 19.5 Å². The molecule has 0 saturated carbocycles. The standard InChI is InChI=1S/C18H12ClN5O3/c19-13-4-2-5-14(8-13)23-17-16(9-21-23)18(25)22(11-20-17)10-12-3-1-6-15(7-12)24(26)27/h1-9,11H,10H2. The van der Waals surface area contributed by atoms with Crippen molar-refractivity contribution in [3.63, 3.8) is 0 Å². The fourth-order valence-corrected chi connectivity index (χ4v) is 3.01. The summed E-state index contributed by atoms with van der Waals surface area (Å²) in [6.45, 7) is 0.172. The normalized spacial score (nSPS) is 11.0. The third-order valence-corrected chi connectivity index (χ3v) is 4.32. The van der Waals surface area contributed by atoms with E-state index in [1.807, 2.05) is 6.07 Å². The van der Waals surface area contributed by atoms with Crippen LogP contribution in [0.5, 0.6) is 0 Å². The second-order valence-electron chi connectivity index (χ2n) is 5.88. The maximum absolute atomic E-state index is 12.8. The molecule has 0 aliphatic rings. The molecule has 0 fully saturated rings. The number of halogens is 1. The van der Waals surface area contributed by atoms with Gasteiger partial charge < -0.3 is 0 Å². The first kappa shape index (κ1) is 16.9. The molecule has 0 unspecified atom stereocenters. The van der Waals surface area contributed by atoms with Gasteiger partial charge >= 0.3 is 0 Å². The lowest BCUT2D eigenvalue weighted by molar-refractivity contribution is -0.384. The first-order valence-electron chi connectivity index (χ1n) is 7.95. The molecule has 134 valence electrons. The molecule has 27 heavy (non-hydrogen) atoms. The SMILES string of the molecule is O=c1c2cnn(-c3cccc(Cl)c3)c2ncn1Cc1cccc([N+](=O)[O-])c1. The summed E-state index contributed by atoms with van der Waals surface area (Å²) in [7, 11) is 0. The number of aromatic nitrogens is 4. The smallest absolute Gasteiger partial charge is 0.269 e. The van der Waals surface area contributed by atoms with Gasteiger partial charge in [-0.05, 0) is 23.8 Å². The number of non-ortho nitro benzene ring substituents is 1. The number of fused-ring (bicyclic) bond motifs is 1. The van der Waals surface area contributed by atoms with E-state index in [0.717, 1.165) is 0 Å². The topological polar surface area (TPSA) is 95.8 Å². The van der Waals surface area contributed by atoms with Gasteiger partial charge in [0.15, 0.2) is 5.65 Å². The van der Waals surface area contributed by atoms with Crippen molar-refractivity contribution in [3.05, 3.63) is 92.1 Å². The van der Waals surface area contributed by atoms with Gasteiger partial charge in [0, 0.05) is 17.2 Å². The Kier molecular flexibility index (Phi) is 4.17. The molecule has 2 aromatic heterocycles. The summed E-state index contributed by atoms with van der Waals surface area (Å²) in [6, 6.07) is 13.2. The molecular weight excluding hydrogens is 370 g/mol. The van der Waals surface area contributed by atoms with E-state index in [1.54, 1.807) is 35.0 Å². The summed E-state index contributed by atoms with van der Waals surface area (Å²) in [5, 5.41) is 16.1. The van der Waals surface area contributed by atoms with Gasteiger partial charge in [-0.15, -0.1) is 0 Å². The zero-order chi connectivity index (χ0) is 19.0. The largest absolute Gasteiger partial charge is 0.294 e. The lowest BCUT2D eigenvalue weighted by atomic mass is 10.2. The molecule has 0 aliphatic heterocycles. The number of benzene rings is 2. The van der Waals surface area contributed by atoms with E-state index in [-0.39, 0.29) is 17.8 Å². The highest BCUT2D eigenvalue weighted by atomic mass is 35.5. The maximum Gasteiger partial charge on any atom is 0.269 e. The molecule has 0 amide bonds. The van der Waals surface area contributed by atoms with Crippen molar-refractivity contribution < 1.29 is 4.92 Å². The Morgan fingerprint density at radius 3 is 2.74 bits per heavy atom. The van der Waals surface area contributed by atoms with E-state index in [9.17, 15) is 14.9 Å². The lowest BCUT2D eigenvalue weighted by Crippen LogP contribution is -2.21. The molecule has 4 rings (SSSR count). The Labute approximate surface area is 157 Å². The van der Waals surface area contributed by atoms with Gasteiger partial charge in [-0.2, -0.15) is 5.10 Å². The number of hydrogen-bond donors (Lipinski definition) is 0. The number of hydrogen-bond acceptors (Lipinski definition) is 5. The van der Waals surface area contributed by atoms with E-state index in [4.69, 9.17) is 11.6 Å². The molecule has 2 aromatic carbocycles. The molecular formula is C18H12ClN5O3. The Bertz CT molecular complexity index is 1230. The monoisotopic (exact) mass is 381 g/mol. The first-order chi connectivity index (χ1) is 13.0. The van der Waals surface area contributed by atoms with Crippen molar-refractivity contribution in [2.24, 2.45) is 0 Å². The minimum atomic E-state index is -0.470. The minimum Gasteiger partial charge on any atom is -0.294 e. The summed E-state index contributed by atoms with van der Waals surface area (Å²) in [6.07, 6.45) is 2.86. The van der Waals surface area contributed by atoms with Crippen LogP contribution in [0.3, 0.4) is 0 Å². The van der Waals surface area contributed by atoms with Crippen molar-refractivity contribution in [1.29, 1.82) is 0 Å². The van der Waals surface area contributed by atoms with Crippen LogP contribution in [-0.2, 0) is 6.54 Å². The average Bonchev–Trinajstić information content (AvgIpc) is 3.09. The summed E-state index contributed by atoms with van der Waals surface area (Å²) < 4.78 is 2.94. The molecule has 0 saturated heterocycles. The summed E-state index contributed by atoms with van der Waals surface area (Å²) >= 11 is 6.02. The van der Waals surface area contributed by atoms with E-state index in [2.05, 4.69) is 10.1 Å². The van der Waals surface area contributed by atoms with Crippen molar-refractivity contribution in [1.82, 2.24) is 19.3 Å². The van der Waals surface area contributed by atoms with Crippen molar-refractivity contribution in [2.75, 3.05) is 0 Å². The predicted octanol–water partition coefficient (Wildman–Crippen LogP) is 3.19. The highest BCUT2D eigenvalue weighted by molar-refractivity contribution is 6.30. The fraction of sp³-hybridized carbons (Fsp3) is 0.0556. The van der Waals surface area contributed by atoms with E-state index >= 15 is 0 Å². The zero-order valence-corrected chi connectivity index (χ0v) is 14.6. The molecule has 2 heterocycles. The molecule has 0 radical (unpaired) electrons. The van der Waals surface area contributed by atoms with Crippen LogP contribution in [0.2, 0.25) is 5.02 Å². The number of nitrogens with zero attached hydrogens (tertiary/aromatic N) is 5. The lowest BCUT2D eigenvalue weighted by Gasteiger charge is -2.07. The molecule has 0 aliphatic carbocycles. The average molecular weight is 382 g/mol. The quantitative estimate of drug-likeness (QED) is 0.399. The molecule has 0 spiro atoms. The van der Waals surface area contributed by atoms with Crippen LogP contribution in [0.4, 0.5) is 5.69 Å². The predicted molar refractivity (Wildman–Crippen MR) is 100 cm³/mol. The van der Waals surface area contributed by atoms with E-state index in [1.165, 1.54) is 29.2 Å². The zero-order valence-electron chi connectivity index (χ0n) is 13.8. The molecule has 4 aromatic rings. The van der Waals surface area contributed by atoms with Crippen LogP contribution >= 0.6 is 11.6 Å². The Balaban J connectivity index is 1.75. The van der Waals surface area contributed by atoms with Gasteiger partial charge in [0.1, 0.15) is 11.7 Å². The number of rotatable bonds is 4. The summed E-state index contributed by atoms with van der Waals surface area (Å²) in [5.41, 5.74) is 1.44. The second-order valence-corrected chi connectivity index (χ2v) is 6.31. The maximum atomic E-state index is 12.8. The number of nitro groups is 1. The first-order valence-corrected chi connectivity index (χ1v) is 8.33. The molecule has 8 nitrogen and oxygen atoms in total.